The van der Waals surface area contributed by atoms with Gasteiger partial charge in [-0.15, -0.1) is 0 Å². The topological polar surface area (TPSA) is 84.5 Å². The van der Waals surface area contributed by atoms with Crippen LogP contribution in [0.25, 0.3) is 0 Å². The van der Waals surface area contributed by atoms with Crippen LogP contribution in [0.5, 0.6) is 5.75 Å². The Morgan fingerprint density at radius 3 is 2.07 bits per heavy atom. The number of amides is 1. The van der Waals surface area contributed by atoms with Crippen molar-refractivity contribution >= 4 is 38.9 Å². The van der Waals surface area contributed by atoms with E-state index in [1.54, 1.807) is 43.3 Å². The summed E-state index contributed by atoms with van der Waals surface area (Å²) in [6.07, 6.45) is -0.720. The second-order valence-electron chi connectivity index (χ2n) is 6.70. The predicted octanol–water partition coefficient (Wildman–Crippen LogP) is 4.86. The van der Waals surface area contributed by atoms with E-state index in [9.17, 15) is 13.2 Å². The minimum absolute atomic E-state index is 0.0689. The first-order valence-electron chi connectivity index (χ1n) is 9.15. The molecule has 1 amide bonds. The van der Waals surface area contributed by atoms with E-state index >= 15 is 0 Å². The molecule has 6 nitrogen and oxygen atoms in total. The normalized spacial score (nSPS) is 12.1. The molecule has 0 aliphatic heterocycles. The third-order valence-corrected chi connectivity index (χ3v) is 5.88. The summed E-state index contributed by atoms with van der Waals surface area (Å²) in [6.45, 7) is 3.61. The molecular formula is C22H21ClN2O4S. The molecule has 0 saturated carbocycles. The van der Waals surface area contributed by atoms with Crippen molar-refractivity contribution in [3.05, 3.63) is 83.4 Å². The lowest BCUT2D eigenvalue weighted by molar-refractivity contribution is -0.122. The third kappa shape index (κ3) is 5.75. The molecule has 3 aromatic rings. The van der Waals surface area contributed by atoms with E-state index in [4.69, 9.17) is 16.3 Å². The number of anilines is 2. The highest BCUT2D eigenvalue weighted by molar-refractivity contribution is 7.92. The predicted molar refractivity (Wildman–Crippen MR) is 119 cm³/mol. The second kappa shape index (κ2) is 9.19. The molecule has 0 fully saturated rings. The Kier molecular flexibility index (Phi) is 6.64. The number of aryl methyl sites for hydroxylation is 1. The monoisotopic (exact) mass is 444 g/mol. The maximum Gasteiger partial charge on any atom is 0.265 e. The van der Waals surface area contributed by atoms with Gasteiger partial charge in [0.2, 0.25) is 0 Å². The largest absolute Gasteiger partial charge is 0.481 e. The molecule has 0 radical (unpaired) electrons. The third-order valence-electron chi connectivity index (χ3n) is 4.23. The summed E-state index contributed by atoms with van der Waals surface area (Å²) in [6, 6.07) is 19.6. The number of carbonyl (C=O) groups is 1. The summed E-state index contributed by atoms with van der Waals surface area (Å²) in [5.74, 6) is 0.253. The molecule has 0 heterocycles. The van der Waals surface area contributed by atoms with E-state index in [1.807, 2.05) is 19.1 Å². The molecule has 30 heavy (non-hydrogen) atoms. The van der Waals surface area contributed by atoms with Crippen LogP contribution in [0.1, 0.15) is 12.5 Å². The highest BCUT2D eigenvalue weighted by Gasteiger charge is 2.17. The number of ether oxygens (including phenoxy) is 1. The first-order valence-corrected chi connectivity index (χ1v) is 11.0. The molecule has 0 aliphatic rings. The Hall–Kier alpha value is -3.03. The summed E-state index contributed by atoms with van der Waals surface area (Å²) in [5.41, 5.74) is 1.96. The molecule has 0 bridgehead atoms. The van der Waals surface area contributed by atoms with Gasteiger partial charge < -0.3 is 10.1 Å². The number of nitrogens with one attached hydrogen (secondary N) is 2. The standard InChI is InChI=1S/C22H21ClN2O4S/c1-15-3-11-20(12-4-15)29-16(2)22(26)24-18-9-13-21(14-10-18)30(27,28)25-19-7-5-17(23)6-8-19/h3-14,16,25H,1-2H3,(H,24,26)/t16-/m1/s1. The maximum atomic E-state index is 12.5. The van der Waals surface area contributed by atoms with Gasteiger partial charge in [0.25, 0.3) is 15.9 Å². The number of hydrogen-bond acceptors (Lipinski definition) is 4. The molecule has 3 rings (SSSR count). The summed E-state index contributed by atoms with van der Waals surface area (Å²) in [7, 11) is -3.76. The van der Waals surface area contributed by atoms with Crippen LogP contribution in [0.3, 0.4) is 0 Å². The van der Waals surface area contributed by atoms with Crippen LogP contribution in [0, 0.1) is 6.92 Å². The number of halogens is 1. The minimum atomic E-state index is -3.76. The molecule has 0 aromatic heterocycles. The molecule has 0 unspecified atom stereocenters. The first-order chi connectivity index (χ1) is 14.2. The molecule has 0 saturated heterocycles. The molecule has 156 valence electrons. The smallest absolute Gasteiger partial charge is 0.265 e. The van der Waals surface area contributed by atoms with Crippen molar-refractivity contribution in [3.8, 4) is 5.75 Å². The zero-order valence-corrected chi connectivity index (χ0v) is 18.0. The number of sulfonamides is 1. The highest BCUT2D eigenvalue weighted by atomic mass is 35.5. The van der Waals surface area contributed by atoms with Crippen molar-refractivity contribution in [3.63, 3.8) is 0 Å². The SMILES string of the molecule is Cc1ccc(O[C@H](C)C(=O)Nc2ccc(S(=O)(=O)Nc3ccc(Cl)cc3)cc2)cc1. The molecule has 2 N–H and O–H groups in total. The average molecular weight is 445 g/mol. The Bertz CT molecular complexity index is 1110. The minimum Gasteiger partial charge on any atom is -0.481 e. The molecular weight excluding hydrogens is 424 g/mol. The van der Waals surface area contributed by atoms with E-state index < -0.39 is 16.1 Å². The van der Waals surface area contributed by atoms with E-state index in [0.717, 1.165) is 5.56 Å². The van der Waals surface area contributed by atoms with Crippen LogP contribution in [0.2, 0.25) is 5.02 Å². The number of benzene rings is 3. The fourth-order valence-electron chi connectivity index (χ4n) is 2.57. The van der Waals surface area contributed by atoms with Gasteiger partial charge in [-0.1, -0.05) is 29.3 Å². The molecule has 0 aliphatic carbocycles. The molecule has 8 heteroatoms. The fourth-order valence-corrected chi connectivity index (χ4v) is 3.75. The number of rotatable bonds is 7. The second-order valence-corrected chi connectivity index (χ2v) is 8.82. The van der Waals surface area contributed by atoms with Crippen LogP contribution in [0.4, 0.5) is 11.4 Å². The zero-order valence-electron chi connectivity index (χ0n) is 16.4. The van der Waals surface area contributed by atoms with Gasteiger partial charge in [-0.2, -0.15) is 0 Å². The van der Waals surface area contributed by atoms with Crippen molar-refractivity contribution in [2.24, 2.45) is 0 Å². The van der Waals surface area contributed by atoms with Crippen molar-refractivity contribution in [1.29, 1.82) is 0 Å². The van der Waals surface area contributed by atoms with Gasteiger partial charge in [-0.3, -0.25) is 9.52 Å². The summed E-state index contributed by atoms with van der Waals surface area (Å²) >= 11 is 5.81. The quantitative estimate of drug-likeness (QED) is 0.545. The van der Waals surface area contributed by atoms with Crippen molar-refractivity contribution < 1.29 is 17.9 Å². The van der Waals surface area contributed by atoms with Crippen LogP contribution in [-0.2, 0) is 14.8 Å². The van der Waals surface area contributed by atoms with Crippen LogP contribution < -0.4 is 14.8 Å². The zero-order chi connectivity index (χ0) is 21.7. The summed E-state index contributed by atoms with van der Waals surface area (Å²) in [5, 5.41) is 3.23. The molecule has 3 aromatic carbocycles. The summed E-state index contributed by atoms with van der Waals surface area (Å²) < 4.78 is 33.1. The Morgan fingerprint density at radius 1 is 0.900 bits per heavy atom. The van der Waals surface area contributed by atoms with Crippen LogP contribution >= 0.6 is 11.6 Å². The summed E-state index contributed by atoms with van der Waals surface area (Å²) in [4.78, 5) is 12.4. The van der Waals surface area contributed by atoms with Crippen LogP contribution in [0.15, 0.2) is 77.7 Å². The Labute approximate surface area is 180 Å². The maximum absolute atomic E-state index is 12.5. The van der Waals surface area contributed by atoms with E-state index in [1.165, 1.54) is 24.3 Å². The van der Waals surface area contributed by atoms with E-state index in [0.29, 0.717) is 22.1 Å². The van der Waals surface area contributed by atoms with Gasteiger partial charge in [0, 0.05) is 16.4 Å². The lowest BCUT2D eigenvalue weighted by Crippen LogP contribution is -2.30. The van der Waals surface area contributed by atoms with Crippen molar-refractivity contribution in [2.45, 2.75) is 24.8 Å². The van der Waals surface area contributed by atoms with Gasteiger partial charge in [0.15, 0.2) is 6.10 Å². The average Bonchev–Trinajstić information content (AvgIpc) is 2.71. The van der Waals surface area contributed by atoms with E-state index in [2.05, 4.69) is 10.0 Å². The lowest BCUT2D eigenvalue weighted by Gasteiger charge is -2.15. The molecule has 1 atom stereocenters. The van der Waals surface area contributed by atoms with Gasteiger partial charge >= 0.3 is 0 Å². The fraction of sp³-hybridized carbons (Fsp3) is 0.136. The van der Waals surface area contributed by atoms with Crippen LogP contribution in [-0.4, -0.2) is 20.4 Å². The van der Waals surface area contributed by atoms with Gasteiger partial charge in [0.05, 0.1) is 4.90 Å². The van der Waals surface area contributed by atoms with Gasteiger partial charge in [-0.05, 0) is 74.5 Å². The highest BCUT2D eigenvalue weighted by Crippen LogP contribution is 2.20. The Balaban J connectivity index is 1.62. The lowest BCUT2D eigenvalue weighted by atomic mass is 10.2. The first kappa shape index (κ1) is 21.7. The van der Waals surface area contributed by atoms with Crippen molar-refractivity contribution in [2.75, 3.05) is 10.0 Å². The van der Waals surface area contributed by atoms with Crippen molar-refractivity contribution in [1.82, 2.24) is 0 Å². The molecule has 0 spiro atoms. The number of carbonyl (C=O) groups excluding carboxylic acids is 1. The van der Waals surface area contributed by atoms with E-state index in [-0.39, 0.29) is 10.8 Å². The Morgan fingerprint density at radius 2 is 1.47 bits per heavy atom. The van der Waals surface area contributed by atoms with Gasteiger partial charge in [-0.25, -0.2) is 8.42 Å². The number of hydrogen-bond donors (Lipinski definition) is 2. The van der Waals surface area contributed by atoms with Gasteiger partial charge in [0.1, 0.15) is 5.75 Å².